The summed E-state index contributed by atoms with van der Waals surface area (Å²) in [7, 11) is 3.56. The molecule has 2 amide bonds. The highest BCUT2D eigenvalue weighted by molar-refractivity contribution is 6.07. The number of hydrogen-bond acceptors (Lipinski definition) is 4. The summed E-state index contributed by atoms with van der Waals surface area (Å²) in [5, 5.41) is 5.22. The van der Waals surface area contributed by atoms with E-state index in [-0.39, 0.29) is 5.91 Å². The Morgan fingerprint density at radius 1 is 1.06 bits per heavy atom. The van der Waals surface area contributed by atoms with Crippen molar-refractivity contribution in [1.82, 2.24) is 19.7 Å². The van der Waals surface area contributed by atoms with E-state index in [1.165, 1.54) is 0 Å². The van der Waals surface area contributed by atoms with Crippen molar-refractivity contribution >= 4 is 22.8 Å². The monoisotopic (exact) mass is 413 g/mol. The summed E-state index contributed by atoms with van der Waals surface area (Å²) < 4.78 is 1.70. The molecular weight excluding hydrogens is 390 g/mol. The first kappa shape index (κ1) is 20.3. The Morgan fingerprint density at radius 3 is 2.52 bits per heavy atom. The molecule has 156 valence electrons. The van der Waals surface area contributed by atoms with Gasteiger partial charge in [-0.15, -0.1) is 0 Å². The first-order valence-corrected chi connectivity index (χ1v) is 9.89. The summed E-state index contributed by atoms with van der Waals surface area (Å²) in [5.74, 6) is -0.643. The van der Waals surface area contributed by atoms with Crippen LogP contribution in [0.2, 0.25) is 0 Å². The highest BCUT2D eigenvalue weighted by atomic mass is 16.2. The van der Waals surface area contributed by atoms with Crippen LogP contribution in [0.15, 0.2) is 60.7 Å². The fourth-order valence-electron chi connectivity index (χ4n) is 3.74. The second kappa shape index (κ2) is 8.02. The normalized spacial score (nSPS) is 10.9. The molecule has 0 saturated heterocycles. The summed E-state index contributed by atoms with van der Waals surface area (Å²) in [5.41, 5.74) is 10.2. The van der Waals surface area contributed by atoms with Crippen LogP contribution in [0, 0.1) is 6.92 Å². The lowest BCUT2D eigenvalue weighted by Gasteiger charge is -2.19. The highest BCUT2D eigenvalue weighted by Crippen LogP contribution is 2.28. The molecule has 0 unspecified atom stereocenters. The van der Waals surface area contributed by atoms with Crippen molar-refractivity contribution in [2.75, 3.05) is 7.05 Å². The molecule has 2 aromatic heterocycles. The van der Waals surface area contributed by atoms with Gasteiger partial charge in [0.2, 0.25) is 5.91 Å². The number of hydrogen-bond donors (Lipinski definition) is 1. The molecule has 2 N–H and O–H groups in total. The van der Waals surface area contributed by atoms with Gasteiger partial charge < -0.3 is 10.6 Å². The molecule has 2 aromatic carbocycles. The summed E-state index contributed by atoms with van der Waals surface area (Å²) in [6.45, 7) is 2.21. The van der Waals surface area contributed by atoms with Gasteiger partial charge in [-0.3, -0.25) is 14.3 Å². The number of primary amides is 1. The van der Waals surface area contributed by atoms with Gasteiger partial charge >= 0.3 is 0 Å². The molecule has 0 spiro atoms. The Labute approximate surface area is 180 Å². The Kier molecular flexibility index (Phi) is 5.25. The number of amides is 2. The zero-order valence-corrected chi connectivity index (χ0v) is 17.7. The maximum absolute atomic E-state index is 13.5. The number of pyridine rings is 1. The quantitative estimate of drug-likeness (QED) is 0.543. The zero-order valence-electron chi connectivity index (χ0n) is 17.7. The van der Waals surface area contributed by atoms with E-state index in [2.05, 4.69) is 5.10 Å². The molecule has 7 heteroatoms. The molecule has 7 nitrogen and oxygen atoms in total. The smallest absolute Gasteiger partial charge is 0.254 e. The Hall–Kier alpha value is -4.00. The van der Waals surface area contributed by atoms with Crippen LogP contribution < -0.4 is 5.73 Å². The molecule has 0 fully saturated rings. The van der Waals surface area contributed by atoms with Gasteiger partial charge in [-0.05, 0) is 30.7 Å². The molecule has 0 radical (unpaired) electrons. The van der Waals surface area contributed by atoms with Gasteiger partial charge in [0.25, 0.3) is 5.91 Å². The molecule has 4 rings (SSSR count). The van der Waals surface area contributed by atoms with E-state index >= 15 is 0 Å². The van der Waals surface area contributed by atoms with E-state index < -0.39 is 5.91 Å². The van der Waals surface area contributed by atoms with E-state index in [1.807, 2.05) is 56.4 Å². The molecule has 0 saturated carbocycles. The van der Waals surface area contributed by atoms with Crippen LogP contribution in [0.3, 0.4) is 0 Å². The molecule has 4 aromatic rings. The van der Waals surface area contributed by atoms with Crippen LogP contribution >= 0.6 is 0 Å². The minimum absolute atomic E-state index is 0.148. The largest absolute Gasteiger partial charge is 0.366 e. The predicted molar refractivity (Wildman–Crippen MR) is 119 cm³/mol. The molecule has 0 bridgehead atoms. The van der Waals surface area contributed by atoms with Gasteiger partial charge in [-0.2, -0.15) is 5.10 Å². The number of aromatic nitrogens is 3. The first-order chi connectivity index (χ1) is 14.8. The Morgan fingerprint density at radius 2 is 1.81 bits per heavy atom. The summed E-state index contributed by atoms with van der Waals surface area (Å²) in [4.78, 5) is 31.4. The third-order valence-corrected chi connectivity index (χ3v) is 5.25. The second-order valence-corrected chi connectivity index (χ2v) is 7.55. The van der Waals surface area contributed by atoms with Gasteiger partial charge in [-0.25, -0.2) is 4.98 Å². The molecule has 2 heterocycles. The number of nitrogens with zero attached hydrogens (tertiary/aromatic N) is 4. The van der Waals surface area contributed by atoms with Gasteiger partial charge in [-0.1, -0.05) is 42.5 Å². The third kappa shape index (κ3) is 3.90. The predicted octanol–water partition coefficient (Wildman–Crippen LogP) is 3.31. The number of carbonyl (C=O) groups is 2. The maximum atomic E-state index is 13.5. The van der Waals surface area contributed by atoms with Crippen LogP contribution in [-0.4, -0.2) is 38.5 Å². The van der Waals surface area contributed by atoms with Crippen LogP contribution in [0.4, 0.5) is 0 Å². The van der Waals surface area contributed by atoms with Crippen molar-refractivity contribution in [3.8, 4) is 11.3 Å². The Bertz CT molecular complexity index is 1290. The van der Waals surface area contributed by atoms with Gasteiger partial charge in [0.1, 0.15) is 0 Å². The molecule has 0 atom stereocenters. The van der Waals surface area contributed by atoms with Crippen molar-refractivity contribution < 1.29 is 9.59 Å². The van der Waals surface area contributed by atoms with Crippen LogP contribution in [0.5, 0.6) is 0 Å². The topological polar surface area (TPSA) is 94.1 Å². The molecule has 31 heavy (non-hydrogen) atoms. The number of rotatable bonds is 5. The molecule has 0 aliphatic rings. The van der Waals surface area contributed by atoms with Gasteiger partial charge in [0, 0.05) is 31.8 Å². The lowest BCUT2D eigenvalue weighted by molar-refractivity contribution is 0.0787. The van der Waals surface area contributed by atoms with E-state index in [0.29, 0.717) is 29.0 Å². The lowest BCUT2D eigenvalue weighted by Crippen LogP contribution is -2.27. The van der Waals surface area contributed by atoms with Gasteiger partial charge in [0.05, 0.1) is 22.3 Å². The standard InChI is InChI=1S/C24H23N5O2/c1-15-21-19(24(31)28(2)14-16-8-7-11-18(12-16)22(25)30)13-20(17-9-5-4-6-10-17)26-23(21)29(3)27-15/h4-13H,14H2,1-3H3,(H2,25,30). The van der Waals surface area contributed by atoms with E-state index in [4.69, 9.17) is 10.7 Å². The van der Waals surface area contributed by atoms with E-state index in [1.54, 1.807) is 34.8 Å². The van der Waals surface area contributed by atoms with Crippen molar-refractivity contribution in [1.29, 1.82) is 0 Å². The fraction of sp³-hybridized carbons (Fsp3) is 0.167. The SMILES string of the molecule is Cc1nn(C)c2nc(-c3ccccc3)cc(C(=O)N(C)Cc3cccc(C(N)=O)c3)c12. The number of nitrogens with two attached hydrogens (primary N) is 1. The second-order valence-electron chi connectivity index (χ2n) is 7.55. The number of benzene rings is 2. The minimum Gasteiger partial charge on any atom is -0.366 e. The summed E-state index contributed by atoms with van der Waals surface area (Å²) in [6.07, 6.45) is 0. The molecule has 0 aliphatic heterocycles. The third-order valence-electron chi connectivity index (χ3n) is 5.25. The average Bonchev–Trinajstić information content (AvgIpc) is 3.07. The average molecular weight is 413 g/mol. The zero-order chi connectivity index (χ0) is 22.1. The summed E-state index contributed by atoms with van der Waals surface area (Å²) in [6, 6.07) is 18.6. The highest BCUT2D eigenvalue weighted by Gasteiger charge is 2.22. The van der Waals surface area contributed by atoms with Crippen molar-refractivity contribution in [3.63, 3.8) is 0 Å². The van der Waals surface area contributed by atoms with E-state index in [9.17, 15) is 9.59 Å². The van der Waals surface area contributed by atoms with Crippen LogP contribution in [0.1, 0.15) is 32.0 Å². The van der Waals surface area contributed by atoms with Crippen LogP contribution in [0.25, 0.3) is 22.3 Å². The van der Waals surface area contributed by atoms with Gasteiger partial charge in [0.15, 0.2) is 5.65 Å². The lowest BCUT2D eigenvalue weighted by atomic mass is 10.0. The fourth-order valence-corrected chi connectivity index (χ4v) is 3.74. The minimum atomic E-state index is -0.495. The summed E-state index contributed by atoms with van der Waals surface area (Å²) >= 11 is 0. The van der Waals surface area contributed by atoms with Crippen LogP contribution in [-0.2, 0) is 13.6 Å². The number of carbonyl (C=O) groups excluding carboxylic acids is 2. The molecular formula is C24H23N5O2. The van der Waals surface area contributed by atoms with E-state index in [0.717, 1.165) is 22.2 Å². The maximum Gasteiger partial charge on any atom is 0.254 e. The number of fused-ring (bicyclic) bond motifs is 1. The van der Waals surface area contributed by atoms with Crippen molar-refractivity contribution in [2.24, 2.45) is 12.8 Å². The first-order valence-electron chi connectivity index (χ1n) is 9.89. The Balaban J connectivity index is 1.76. The number of aryl methyl sites for hydroxylation is 2. The molecule has 0 aliphatic carbocycles. The van der Waals surface area contributed by atoms with Crippen molar-refractivity contribution in [2.45, 2.75) is 13.5 Å². The van der Waals surface area contributed by atoms with Crippen molar-refractivity contribution in [3.05, 3.63) is 83.0 Å².